The maximum absolute atomic E-state index is 11.7. The van der Waals surface area contributed by atoms with Crippen LogP contribution in [0.1, 0.15) is 39.3 Å². The Morgan fingerprint density at radius 1 is 1.29 bits per heavy atom. The molecule has 0 saturated carbocycles. The number of primary amides is 1. The first-order valence-electron chi connectivity index (χ1n) is 6.69. The monoisotopic (exact) mass is 282 g/mol. The number of carbonyl (C=O) groups is 2. The van der Waals surface area contributed by atoms with Gasteiger partial charge in [0, 0.05) is 23.9 Å². The van der Waals surface area contributed by atoms with Crippen molar-refractivity contribution in [2.75, 3.05) is 5.32 Å². The van der Waals surface area contributed by atoms with Gasteiger partial charge >= 0.3 is 0 Å². The molecule has 0 fully saturated rings. The molecule has 6 heteroatoms. The predicted octanol–water partition coefficient (Wildman–Crippen LogP) is 1.84. The van der Waals surface area contributed by atoms with Crippen LogP contribution in [-0.2, 0) is 6.42 Å². The molecule has 1 amide bonds. The molecule has 0 spiro atoms. The largest absolute Gasteiger partial charge is 0.366 e. The molecular weight excluding hydrogens is 268 g/mol. The van der Waals surface area contributed by atoms with Gasteiger partial charge in [-0.3, -0.25) is 9.59 Å². The van der Waals surface area contributed by atoms with Crippen LogP contribution in [0.5, 0.6) is 0 Å². The smallest absolute Gasteiger partial charge is 0.248 e. The molecule has 3 rings (SSSR count). The highest BCUT2D eigenvalue weighted by Gasteiger charge is 2.19. The number of nitrogens with zero attached hydrogens (tertiary/aromatic N) is 2. The second kappa shape index (κ2) is 5.32. The van der Waals surface area contributed by atoms with Crippen LogP contribution < -0.4 is 11.1 Å². The number of amides is 1. The zero-order valence-electron chi connectivity index (χ0n) is 11.3. The first-order valence-corrected chi connectivity index (χ1v) is 6.69. The Bertz CT molecular complexity index is 727. The first kappa shape index (κ1) is 13.2. The Kier molecular flexibility index (Phi) is 3.35. The van der Waals surface area contributed by atoms with Gasteiger partial charge in [-0.05, 0) is 31.0 Å². The van der Waals surface area contributed by atoms with Crippen molar-refractivity contribution >= 4 is 23.3 Å². The van der Waals surface area contributed by atoms with Crippen LogP contribution in [0.2, 0.25) is 0 Å². The number of nitrogens with one attached hydrogen (secondary N) is 1. The van der Waals surface area contributed by atoms with E-state index < -0.39 is 5.91 Å². The molecule has 0 radical (unpaired) electrons. The Hall–Kier alpha value is -2.76. The molecule has 1 aromatic carbocycles. The lowest BCUT2D eigenvalue weighted by Crippen LogP contribution is -2.14. The van der Waals surface area contributed by atoms with Gasteiger partial charge < -0.3 is 11.1 Å². The van der Waals surface area contributed by atoms with Crippen molar-refractivity contribution in [2.24, 2.45) is 5.73 Å². The summed E-state index contributed by atoms with van der Waals surface area (Å²) in [7, 11) is 0. The fourth-order valence-corrected chi connectivity index (χ4v) is 2.33. The minimum Gasteiger partial charge on any atom is -0.366 e. The summed E-state index contributed by atoms with van der Waals surface area (Å²) in [6, 6.07) is 6.79. The number of benzene rings is 1. The van der Waals surface area contributed by atoms with E-state index in [0.717, 1.165) is 18.5 Å². The highest BCUT2D eigenvalue weighted by Crippen LogP contribution is 2.21. The van der Waals surface area contributed by atoms with Crippen molar-refractivity contribution < 1.29 is 9.59 Å². The average molecular weight is 282 g/mol. The summed E-state index contributed by atoms with van der Waals surface area (Å²) in [6.07, 6.45) is 3.72. The minimum atomic E-state index is -0.490. The molecular formula is C15H14N4O2. The third-order valence-corrected chi connectivity index (χ3v) is 3.39. The van der Waals surface area contributed by atoms with E-state index in [1.54, 1.807) is 30.5 Å². The number of ketones is 1. The number of aryl methyl sites for hydroxylation is 1. The lowest BCUT2D eigenvalue weighted by Gasteiger charge is -2.14. The topological polar surface area (TPSA) is 98.0 Å². The summed E-state index contributed by atoms with van der Waals surface area (Å²) in [5.41, 5.74) is 7.71. The van der Waals surface area contributed by atoms with E-state index >= 15 is 0 Å². The van der Waals surface area contributed by atoms with Gasteiger partial charge in [0.15, 0.2) is 5.78 Å². The summed E-state index contributed by atoms with van der Waals surface area (Å²) < 4.78 is 0. The Morgan fingerprint density at radius 3 is 2.95 bits per heavy atom. The molecule has 106 valence electrons. The van der Waals surface area contributed by atoms with Crippen molar-refractivity contribution in [2.45, 2.75) is 19.3 Å². The third kappa shape index (κ3) is 2.74. The van der Waals surface area contributed by atoms with Crippen molar-refractivity contribution in [3.05, 3.63) is 47.3 Å². The zero-order valence-corrected chi connectivity index (χ0v) is 11.3. The van der Waals surface area contributed by atoms with E-state index in [1.807, 2.05) is 0 Å². The van der Waals surface area contributed by atoms with E-state index in [9.17, 15) is 9.59 Å². The molecule has 0 unspecified atom stereocenters. The Morgan fingerprint density at radius 2 is 2.14 bits per heavy atom. The summed E-state index contributed by atoms with van der Waals surface area (Å²) in [6.45, 7) is 0. The molecule has 1 aliphatic rings. The van der Waals surface area contributed by atoms with E-state index in [4.69, 9.17) is 5.73 Å². The fraction of sp³-hybridized carbons (Fsp3) is 0.200. The quantitative estimate of drug-likeness (QED) is 0.895. The predicted molar refractivity (Wildman–Crippen MR) is 77.5 cm³/mol. The van der Waals surface area contributed by atoms with Gasteiger partial charge in [0.1, 0.15) is 0 Å². The second-order valence-corrected chi connectivity index (χ2v) is 4.90. The number of hydrogen-bond donors (Lipinski definition) is 2. The van der Waals surface area contributed by atoms with Gasteiger partial charge in [-0.1, -0.05) is 6.07 Å². The number of aromatic nitrogens is 2. The molecule has 1 heterocycles. The van der Waals surface area contributed by atoms with Gasteiger partial charge in [-0.25, -0.2) is 9.97 Å². The normalized spacial score (nSPS) is 13.6. The third-order valence-electron chi connectivity index (χ3n) is 3.39. The lowest BCUT2D eigenvalue weighted by atomic mass is 9.96. The van der Waals surface area contributed by atoms with Crippen molar-refractivity contribution in [1.29, 1.82) is 0 Å². The molecule has 0 bridgehead atoms. The van der Waals surface area contributed by atoms with Gasteiger partial charge in [-0.2, -0.15) is 0 Å². The van der Waals surface area contributed by atoms with Crippen LogP contribution in [0.25, 0.3) is 0 Å². The first-order chi connectivity index (χ1) is 10.1. The van der Waals surface area contributed by atoms with Gasteiger partial charge in [0.25, 0.3) is 0 Å². The molecule has 2 aromatic rings. The SMILES string of the molecule is NC(=O)c1cccc(Nc2ncc3c(n2)CCCC3=O)c1. The van der Waals surface area contributed by atoms with Crippen LogP contribution in [0.4, 0.5) is 11.6 Å². The molecule has 0 atom stereocenters. The Balaban J connectivity index is 1.87. The van der Waals surface area contributed by atoms with E-state index in [1.165, 1.54) is 0 Å². The Labute approximate surface area is 121 Å². The van der Waals surface area contributed by atoms with Crippen LogP contribution in [0, 0.1) is 0 Å². The van der Waals surface area contributed by atoms with Crippen LogP contribution >= 0.6 is 0 Å². The number of fused-ring (bicyclic) bond motifs is 1. The summed E-state index contributed by atoms with van der Waals surface area (Å²) in [5.74, 6) is 0.0132. The number of hydrogen-bond acceptors (Lipinski definition) is 5. The maximum Gasteiger partial charge on any atom is 0.248 e. The van der Waals surface area contributed by atoms with Crippen molar-refractivity contribution in [1.82, 2.24) is 9.97 Å². The molecule has 6 nitrogen and oxygen atoms in total. The van der Waals surface area contributed by atoms with Crippen LogP contribution in [0.3, 0.4) is 0 Å². The van der Waals surface area contributed by atoms with E-state index in [2.05, 4.69) is 15.3 Å². The van der Waals surface area contributed by atoms with Crippen LogP contribution in [0.15, 0.2) is 30.5 Å². The number of nitrogens with two attached hydrogens (primary N) is 1. The van der Waals surface area contributed by atoms with Gasteiger partial charge in [-0.15, -0.1) is 0 Å². The minimum absolute atomic E-state index is 0.0959. The zero-order chi connectivity index (χ0) is 14.8. The van der Waals surface area contributed by atoms with E-state index in [0.29, 0.717) is 29.2 Å². The average Bonchev–Trinajstić information content (AvgIpc) is 2.47. The maximum atomic E-state index is 11.7. The molecule has 0 saturated heterocycles. The van der Waals surface area contributed by atoms with Crippen LogP contribution in [-0.4, -0.2) is 21.7 Å². The summed E-state index contributed by atoms with van der Waals surface area (Å²) in [4.78, 5) is 31.4. The highest BCUT2D eigenvalue weighted by molar-refractivity contribution is 5.97. The molecule has 1 aliphatic carbocycles. The fourth-order valence-electron chi connectivity index (χ4n) is 2.33. The van der Waals surface area contributed by atoms with E-state index in [-0.39, 0.29) is 5.78 Å². The summed E-state index contributed by atoms with van der Waals surface area (Å²) >= 11 is 0. The standard InChI is InChI=1S/C15H14N4O2/c16-14(21)9-3-1-4-10(7-9)18-15-17-8-11-12(19-15)5-2-6-13(11)20/h1,3-4,7-8H,2,5-6H2,(H2,16,21)(H,17,18,19). The lowest BCUT2D eigenvalue weighted by molar-refractivity contribution is 0.0969. The molecule has 21 heavy (non-hydrogen) atoms. The van der Waals surface area contributed by atoms with Crippen molar-refractivity contribution in [3.8, 4) is 0 Å². The van der Waals surface area contributed by atoms with Crippen molar-refractivity contribution in [3.63, 3.8) is 0 Å². The highest BCUT2D eigenvalue weighted by atomic mass is 16.1. The number of rotatable bonds is 3. The van der Waals surface area contributed by atoms with Gasteiger partial charge in [0.2, 0.25) is 11.9 Å². The number of carbonyl (C=O) groups excluding carboxylic acids is 2. The number of anilines is 2. The molecule has 1 aromatic heterocycles. The number of Topliss-reactive ketones (excluding diaryl/α,β-unsaturated/α-hetero) is 1. The molecule has 3 N–H and O–H groups in total. The second-order valence-electron chi connectivity index (χ2n) is 4.90. The summed E-state index contributed by atoms with van der Waals surface area (Å²) in [5, 5.41) is 3.02. The molecule has 0 aliphatic heterocycles. The van der Waals surface area contributed by atoms with Gasteiger partial charge in [0.05, 0.1) is 11.3 Å².